The van der Waals surface area contributed by atoms with E-state index >= 15 is 0 Å². The summed E-state index contributed by atoms with van der Waals surface area (Å²) in [5.41, 5.74) is 0.274. The first-order valence-electron chi connectivity index (χ1n) is 9.66. The number of carbonyl (C=O) groups is 2. The highest BCUT2D eigenvalue weighted by atomic mass is 16.5. The third-order valence-corrected chi connectivity index (χ3v) is 4.85. The number of methoxy groups -OCH3 is 3. The molecule has 168 valence electrons. The number of amides is 2. The van der Waals surface area contributed by atoms with Crippen LogP contribution in [0, 0.1) is 0 Å². The van der Waals surface area contributed by atoms with Crippen molar-refractivity contribution in [3.8, 4) is 23.3 Å². The van der Waals surface area contributed by atoms with E-state index in [0.29, 0.717) is 36.5 Å². The largest absolute Gasteiger partial charge is 0.494 e. The molecule has 1 aromatic heterocycles. The molecular weight excluding hydrogens is 418 g/mol. The summed E-state index contributed by atoms with van der Waals surface area (Å²) in [4.78, 5) is 24.7. The topological polar surface area (TPSA) is 132 Å². The molecule has 0 aliphatic carbocycles. The zero-order valence-corrected chi connectivity index (χ0v) is 17.9. The zero-order valence-electron chi connectivity index (χ0n) is 17.9. The van der Waals surface area contributed by atoms with Gasteiger partial charge in [0.1, 0.15) is 0 Å². The fourth-order valence-corrected chi connectivity index (χ4v) is 3.20. The predicted molar refractivity (Wildman–Crippen MR) is 115 cm³/mol. The third-order valence-electron chi connectivity index (χ3n) is 4.85. The average Bonchev–Trinajstić information content (AvgIpc) is 3.06. The number of benzene rings is 2. The van der Waals surface area contributed by atoms with Crippen molar-refractivity contribution < 1.29 is 34.0 Å². The Morgan fingerprint density at radius 1 is 0.844 bits per heavy atom. The molecule has 3 rings (SSSR count). The number of azo groups is 1. The van der Waals surface area contributed by atoms with Crippen molar-refractivity contribution in [1.29, 1.82) is 0 Å². The Morgan fingerprint density at radius 2 is 1.44 bits per heavy atom. The van der Waals surface area contributed by atoms with Gasteiger partial charge in [-0.1, -0.05) is 0 Å². The lowest BCUT2D eigenvalue weighted by Gasteiger charge is -2.07. The quantitative estimate of drug-likeness (QED) is 0.404. The van der Waals surface area contributed by atoms with E-state index in [4.69, 9.17) is 14.2 Å². The summed E-state index contributed by atoms with van der Waals surface area (Å²) in [6, 6.07) is 8.78. The molecule has 0 aliphatic rings. The maximum absolute atomic E-state index is 12.4. The van der Waals surface area contributed by atoms with Crippen molar-refractivity contribution >= 4 is 22.6 Å². The normalized spacial score (nSPS) is 11.2. The van der Waals surface area contributed by atoms with Gasteiger partial charge in [-0.25, -0.2) is 0 Å². The Kier molecular flexibility index (Phi) is 7.06. The van der Waals surface area contributed by atoms with Gasteiger partial charge in [0, 0.05) is 42.2 Å². The van der Waals surface area contributed by atoms with Crippen molar-refractivity contribution in [3.63, 3.8) is 0 Å². The molecule has 0 radical (unpaired) electrons. The van der Waals surface area contributed by atoms with E-state index in [2.05, 4.69) is 10.2 Å². The molecule has 2 amide bonds. The monoisotopic (exact) mass is 441 g/mol. The van der Waals surface area contributed by atoms with Crippen molar-refractivity contribution in [2.24, 2.45) is 10.2 Å². The van der Waals surface area contributed by atoms with Crippen molar-refractivity contribution in [2.75, 3.05) is 27.9 Å². The maximum Gasteiger partial charge on any atom is 0.295 e. The molecule has 10 nitrogen and oxygen atoms in total. The number of hydrogen-bond acceptors (Lipinski definition) is 7. The second-order valence-corrected chi connectivity index (χ2v) is 6.79. The molecule has 0 fully saturated rings. The molecule has 2 N–H and O–H groups in total. The number of rotatable bonds is 8. The van der Waals surface area contributed by atoms with E-state index < -0.39 is 11.8 Å². The SMILES string of the molecule is COCCCn1c(O)c2ccc(C(=O)N=NC(=O)c3ccc(OC)c(OC)c3)cc2c1O. The van der Waals surface area contributed by atoms with Crippen LogP contribution in [0.5, 0.6) is 23.3 Å². The summed E-state index contributed by atoms with van der Waals surface area (Å²) in [6.07, 6.45) is 0.580. The van der Waals surface area contributed by atoms with Crippen LogP contribution in [0.15, 0.2) is 46.6 Å². The Morgan fingerprint density at radius 3 is 2.06 bits per heavy atom. The highest BCUT2D eigenvalue weighted by Gasteiger charge is 2.18. The van der Waals surface area contributed by atoms with Gasteiger partial charge in [0.05, 0.1) is 14.2 Å². The second-order valence-electron chi connectivity index (χ2n) is 6.79. The van der Waals surface area contributed by atoms with Gasteiger partial charge in [-0.05, 0) is 42.8 Å². The van der Waals surface area contributed by atoms with Crippen molar-refractivity contribution in [3.05, 3.63) is 47.5 Å². The molecule has 10 heteroatoms. The fraction of sp³-hybridized carbons (Fsp3) is 0.273. The van der Waals surface area contributed by atoms with E-state index in [0.717, 1.165) is 0 Å². The molecule has 2 aromatic carbocycles. The Balaban J connectivity index is 1.81. The molecule has 0 bridgehead atoms. The molecule has 1 heterocycles. The molecule has 0 saturated heterocycles. The van der Waals surface area contributed by atoms with Crippen LogP contribution in [0.25, 0.3) is 10.8 Å². The minimum Gasteiger partial charge on any atom is -0.494 e. The zero-order chi connectivity index (χ0) is 23.3. The number of ether oxygens (including phenoxy) is 3. The van der Waals surface area contributed by atoms with Gasteiger partial charge < -0.3 is 24.4 Å². The molecule has 0 atom stereocenters. The van der Waals surface area contributed by atoms with E-state index in [1.165, 1.54) is 49.1 Å². The number of hydrogen-bond donors (Lipinski definition) is 2. The van der Waals surface area contributed by atoms with Crippen LogP contribution in [0.2, 0.25) is 0 Å². The first-order valence-corrected chi connectivity index (χ1v) is 9.66. The Hall–Kier alpha value is -3.92. The summed E-state index contributed by atoms with van der Waals surface area (Å²) in [5.74, 6) is -1.01. The van der Waals surface area contributed by atoms with Gasteiger partial charge in [-0.2, -0.15) is 0 Å². The smallest absolute Gasteiger partial charge is 0.295 e. The molecule has 0 spiro atoms. The highest BCUT2D eigenvalue weighted by molar-refractivity contribution is 6.03. The highest BCUT2D eigenvalue weighted by Crippen LogP contribution is 2.37. The van der Waals surface area contributed by atoms with Gasteiger partial charge in [0.2, 0.25) is 11.8 Å². The van der Waals surface area contributed by atoms with E-state index in [-0.39, 0.29) is 28.3 Å². The van der Waals surface area contributed by atoms with Gasteiger partial charge in [0.25, 0.3) is 11.8 Å². The van der Waals surface area contributed by atoms with Crippen LogP contribution in [-0.2, 0) is 11.3 Å². The summed E-state index contributed by atoms with van der Waals surface area (Å²) in [7, 11) is 4.47. The molecule has 32 heavy (non-hydrogen) atoms. The summed E-state index contributed by atoms with van der Waals surface area (Å²) < 4.78 is 16.6. The Bertz CT molecular complexity index is 1180. The van der Waals surface area contributed by atoms with Crippen LogP contribution >= 0.6 is 0 Å². The van der Waals surface area contributed by atoms with Crippen LogP contribution in [0.3, 0.4) is 0 Å². The van der Waals surface area contributed by atoms with Crippen LogP contribution in [0.1, 0.15) is 27.1 Å². The van der Waals surface area contributed by atoms with Crippen LogP contribution in [-0.4, -0.2) is 54.5 Å². The van der Waals surface area contributed by atoms with Gasteiger partial charge in [-0.3, -0.25) is 14.2 Å². The minimum absolute atomic E-state index is 0.103. The fourth-order valence-electron chi connectivity index (χ4n) is 3.20. The van der Waals surface area contributed by atoms with Crippen LogP contribution in [0.4, 0.5) is 0 Å². The predicted octanol–water partition coefficient (Wildman–Crippen LogP) is 3.54. The summed E-state index contributed by atoms with van der Waals surface area (Å²) >= 11 is 0. The van der Waals surface area contributed by atoms with E-state index in [9.17, 15) is 19.8 Å². The number of carbonyl (C=O) groups excluding carboxylic acids is 2. The molecule has 0 saturated carbocycles. The lowest BCUT2D eigenvalue weighted by Crippen LogP contribution is -2.00. The number of aromatic hydroxyl groups is 2. The number of fused-ring (bicyclic) bond motifs is 1. The number of aromatic nitrogens is 1. The standard InChI is InChI=1S/C22H23N3O7/c1-30-10-4-9-25-21(28)15-7-5-13(11-16(15)22(25)29)19(26)23-24-20(27)14-6-8-17(31-2)18(12-14)32-3/h5-8,11-12,28-29H,4,9-10H2,1-3H3. The van der Waals surface area contributed by atoms with Gasteiger partial charge >= 0.3 is 0 Å². The second kappa shape index (κ2) is 9.92. The van der Waals surface area contributed by atoms with Crippen molar-refractivity contribution in [2.45, 2.75) is 13.0 Å². The maximum atomic E-state index is 12.4. The summed E-state index contributed by atoms with van der Waals surface area (Å²) in [6.45, 7) is 0.800. The van der Waals surface area contributed by atoms with Crippen molar-refractivity contribution in [1.82, 2.24) is 4.57 Å². The van der Waals surface area contributed by atoms with Gasteiger partial charge in [0.15, 0.2) is 11.5 Å². The van der Waals surface area contributed by atoms with E-state index in [1.54, 1.807) is 13.2 Å². The molecule has 0 aliphatic heterocycles. The van der Waals surface area contributed by atoms with E-state index in [1.807, 2.05) is 0 Å². The summed E-state index contributed by atoms with van der Waals surface area (Å²) in [5, 5.41) is 28.5. The first kappa shape index (κ1) is 22.8. The molecule has 0 unspecified atom stereocenters. The average molecular weight is 441 g/mol. The first-order chi connectivity index (χ1) is 15.4. The number of nitrogens with zero attached hydrogens (tertiary/aromatic N) is 3. The third kappa shape index (κ3) is 4.54. The lowest BCUT2D eigenvalue weighted by atomic mass is 10.1. The lowest BCUT2D eigenvalue weighted by molar-refractivity contribution is 0.0946. The van der Waals surface area contributed by atoms with Gasteiger partial charge in [-0.15, -0.1) is 10.2 Å². The minimum atomic E-state index is -0.772. The van der Waals surface area contributed by atoms with Crippen LogP contribution < -0.4 is 9.47 Å². The molecular formula is C22H23N3O7. The Labute approximate surface area is 183 Å². The molecule has 3 aromatic rings.